The molecule has 0 aromatic heterocycles. The maximum atomic E-state index is 13.5. The molecule has 32 heavy (non-hydrogen) atoms. The zero-order valence-corrected chi connectivity index (χ0v) is 19.2. The highest BCUT2D eigenvalue weighted by Crippen LogP contribution is 2.32. The number of hydrogen-bond donors (Lipinski definition) is 1. The third-order valence-electron chi connectivity index (χ3n) is 6.30. The lowest BCUT2D eigenvalue weighted by Gasteiger charge is -2.31. The van der Waals surface area contributed by atoms with Gasteiger partial charge < -0.3 is 0 Å². The molecular formula is C24H29F3N2O2S. The van der Waals surface area contributed by atoms with Gasteiger partial charge in [0.05, 0.1) is 10.8 Å². The fraction of sp³-hybridized carbons (Fsp3) is 0.500. The number of nitrogens with one attached hydrogen (secondary N) is 1. The quantitative estimate of drug-likeness (QED) is 0.662. The number of rotatable bonds is 7. The molecule has 0 saturated carbocycles. The number of hydrogen-bond acceptors (Lipinski definition) is 3. The van der Waals surface area contributed by atoms with Crippen molar-refractivity contribution in [3.8, 4) is 0 Å². The minimum atomic E-state index is -4.38. The maximum Gasteiger partial charge on any atom is 0.416 e. The van der Waals surface area contributed by atoms with Crippen molar-refractivity contribution in [1.29, 1.82) is 0 Å². The molecule has 0 amide bonds. The van der Waals surface area contributed by atoms with E-state index in [1.165, 1.54) is 12.1 Å². The molecule has 1 atom stereocenters. The van der Waals surface area contributed by atoms with Gasteiger partial charge in [-0.1, -0.05) is 24.3 Å². The van der Waals surface area contributed by atoms with Crippen LogP contribution >= 0.6 is 0 Å². The van der Waals surface area contributed by atoms with Crippen molar-refractivity contribution < 1.29 is 21.6 Å². The molecule has 1 N–H and O–H groups in total. The van der Waals surface area contributed by atoms with E-state index in [1.54, 1.807) is 13.8 Å². The van der Waals surface area contributed by atoms with Gasteiger partial charge in [-0.05, 0) is 92.6 Å². The molecule has 8 heteroatoms. The first-order valence-corrected chi connectivity index (χ1v) is 12.6. The second-order valence-corrected chi connectivity index (χ2v) is 11.5. The Morgan fingerprint density at radius 1 is 1.00 bits per heavy atom. The number of sulfonamides is 1. The zero-order valence-electron chi connectivity index (χ0n) is 18.4. The Bertz CT molecular complexity index is 1090. The molecule has 0 radical (unpaired) electrons. The number of benzene rings is 2. The third kappa shape index (κ3) is 5.35. The van der Waals surface area contributed by atoms with Crippen LogP contribution in [0.25, 0.3) is 0 Å². The van der Waals surface area contributed by atoms with Gasteiger partial charge in [0.15, 0.2) is 0 Å². The van der Waals surface area contributed by atoms with Crippen molar-refractivity contribution in [2.45, 2.75) is 63.5 Å². The van der Waals surface area contributed by atoms with Crippen LogP contribution in [0.15, 0.2) is 36.4 Å². The average molecular weight is 467 g/mol. The average Bonchev–Trinajstić information content (AvgIpc) is 3.04. The first kappa shape index (κ1) is 23.3. The second-order valence-electron chi connectivity index (χ2n) is 9.26. The van der Waals surface area contributed by atoms with Gasteiger partial charge in [0, 0.05) is 12.6 Å². The normalized spacial score (nSPS) is 19.2. The molecule has 0 spiro atoms. The molecule has 1 fully saturated rings. The predicted octanol–water partition coefficient (Wildman–Crippen LogP) is 4.30. The molecule has 174 valence electrons. The molecule has 1 unspecified atom stereocenters. The Balaban J connectivity index is 1.52. The highest BCUT2D eigenvalue weighted by atomic mass is 32.2. The van der Waals surface area contributed by atoms with Crippen molar-refractivity contribution in [1.82, 2.24) is 9.62 Å². The van der Waals surface area contributed by atoms with E-state index in [2.05, 4.69) is 9.62 Å². The van der Waals surface area contributed by atoms with Crippen molar-refractivity contribution in [3.05, 3.63) is 69.8 Å². The molecule has 1 heterocycles. The summed E-state index contributed by atoms with van der Waals surface area (Å²) in [6.07, 6.45) is -1.65. The molecule has 2 aliphatic rings. The highest BCUT2D eigenvalue weighted by molar-refractivity contribution is 7.90. The van der Waals surface area contributed by atoms with E-state index in [1.807, 2.05) is 24.3 Å². The van der Waals surface area contributed by atoms with Crippen LogP contribution in [0.1, 0.15) is 53.6 Å². The zero-order chi connectivity index (χ0) is 23.1. The van der Waals surface area contributed by atoms with Crippen LogP contribution in [-0.4, -0.2) is 37.7 Å². The molecule has 0 bridgehead atoms. The van der Waals surface area contributed by atoms with Gasteiger partial charge in [-0.15, -0.1) is 0 Å². The first-order valence-electron chi connectivity index (χ1n) is 11.0. The summed E-state index contributed by atoms with van der Waals surface area (Å²) in [6.45, 7) is 5.69. The lowest BCUT2D eigenvalue weighted by Crippen LogP contribution is -2.39. The Hall–Kier alpha value is -1.90. The smallest absolute Gasteiger partial charge is 0.299 e. The summed E-state index contributed by atoms with van der Waals surface area (Å²) in [4.78, 5) is 2.15. The van der Waals surface area contributed by atoms with E-state index >= 15 is 0 Å². The summed E-state index contributed by atoms with van der Waals surface area (Å²) in [5, 5.41) is -0.492. The summed E-state index contributed by atoms with van der Waals surface area (Å²) >= 11 is 0. The van der Waals surface area contributed by atoms with E-state index in [-0.39, 0.29) is 6.04 Å². The fourth-order valence-electron chi connectivity index (χ4n) is 4.39. The Kier molecular flexibility index (Phi) is 6.40. The largest absolute Gasteiger partial charge is 0.416 e. The van der Waals surface area contributed by atoms with E-state index in [0.717, 1.165) is 36.2 Å². The van der Waals surface area contributed by atoms with Gasteiger partial charge in [0.2, 0.25) is 10.0 Å². The van der Waals surface area contributed by atoms with Crippen molar-refractivity contribution in [2.75, 3.05) is 13.1 Å². The minimum absolute atomic E-state index is 0.177. The Morgan fingerprint density at radius 3 is 2.31 bits per heavy atom. The van der Waals surface area contributed by atoms with Crippen LogP contribution < -0.4 is 4.72 Å². The van der Waals surface area contributed by atoms with Gasteiger partial charge in [-0.2, -0.15) is 13.2 Å². The molecule has 1 aliphatic carbocycles. The summed E-state index contributed by atoms with van der Waals surface area (Å²) in [7, 11) is -3.35. The van der Waals surface area contributed by atoms with Gasteiger partial charge in [0.1, 0.15) is 0 Å². The number of halogens is 3. The third-order valence-corrected chi connectivity index (χ3v) is 8.20. The summed E-state index contributed by atoms with van der Waals surface area (Å²) in [5.41, 5.74) is 3.82. The number of nitrogens with zero attached hydrogens (tertiary/aromatic N) is 1. The van der Waals surface area contributed by atoms with Gasteiger partial charge >= 0.3 is 6.18 Å². The molecule has 1 aliphatic heterocycles. The van der Waals surface area contributed by atoms with Crippen LogP contribution in [0, 0.1) is 0 Å². The number of likely N-dealkylation sites (tertiary alicyclic amines) is 1. The van der Waals surface area contributed by atoms with Crippen LogP contribution in [0.2, 0.25) is 0 Å². The monoisotopic (exact) mass is 466 g/mol. The minimum Gasteiger partial charge on any atom is -0.299 e. The van der Waals surface area contributed by atoms with Gasteiger partial charge in [-0.3, -0.25) is 4.90 Å². The SMILES string of the molecule is CC(C)S(=O)(=O)NC1Cc2ccc(Cc3cc(CN4CCC4)cc(C(F)(F)F)c3)cc2C1. The van der Waals surface area contributed by atoms with E-state index in [9.17, 15) is 21.6 Å². The first-order chi connectivity index (χ1) is 15.0. The molecule has 4 rings (SSSR count). The van der Waals surface area contributed by atoms with Crippen LogP contribution in [0.3, 0.4) is 0 Å². The molecular weight excluding hydrogens is 437 g/mol. The van der Waals surface area contributed by atoms with E-state index in [4.69, 9.17) is 0 Å². The summed E-state index contributed by atoms with van der Waals surface area (Å²) in [6, 6.07) is 10.1. The number of fused-ring (bicyclic) bond motifs is 1. The van der Waals surface area contributed by atoms with Crippen molar-refractivity contribution in [2.24, 2.45) is 0 Å². The fourth-order valence-corrected chi connectivity index (χ4v) is 5.29. The van der Waals surface area contributed by atoms with Crippen LogP contribution in [0.4, 0.5) is 13.2 Å². The Morgan fingerprint density at radius 2 is 1.69 bits per heavy atom. The maximum absolute atomic E-state index is 13.5. The molecule has 2 aromatic rings. The van der Waals surface area contributed by atoms with Gasteiger partial charge in [-0.25, -0.2) is 13.1 Å². The molecule has 1 saturated heterocycles. The Labute approximate surface area is 187 Å². The standard InChI is InChI=1S/C24H29F3N2O2S/c1-16(2)32(30,31)28-23-13-20-5-4-17(10-21(20)14-23)8-18-9-19(15-29-6-3-7-29)12-22(11-18)24(25,26)27/h4-5,9-12,16,23,28H,3,6-8,13-15H2,1-2H3. The molecule has 4 nitrogen and oxygen atoms in total. The lowest BCUT2D eigenvalue weighted by atomic mass is 9.97. The number of alkyl halides is 3. The van der Waals surface area contributed by atoms with E-state index < -0.39 is 27.0 Å². The van der Waals surface area contributed by atoms with Crippen LogP contribution in [-0.2, 0) is 42.0 Å². The predicted molar refractivity (Wildman–Crippen MR) is 119 cm³/mol. The molecule has 2 aromatic carbocycles. The van der Waals surface area contributed by atoms with Gasteiger partial charge in [0.25, 0.3) is 0 Å². The van der Waals surface area contributed by atoms with Crippen LogP contribution in [0.5, 0.6) is 0 Å². The highest BCUT2D eigenvalue weighted by Gasteiger charge is 2.32. The lowest BCUT2D eigenvalue weighted by molar-refractivity contribution is -0.137. The topological polar surface area (TPSA) is 49.4 Å². The van der Waals surface area contributed by atoms with Crippen molar-refractivity contribution in [3.63, 3.8) is 0 Å². The van der Waals surface area contributed by atoms with E-state index in [0.29, 0.717) is 36.9 Å². The summed E-state index contributed by atoms with van der Waals surface area (Å²) < 4.78 is 67.5. The van der Waals surface area contributed by atoms with Crippen molar-refractivity contribution >= 4 is 10.0 Å². The summed E-state index contributed by atoms with van der Waals surface area (Å²) in [5.74, 6) is 0. The second kappa shape index (κ2) is 8.80.